The highest BCUT2D eigenvalue weighted by Crippen LogP contribution is 2.32. The van der Waals surface area contributed by atoms with Gasteiger partial charge in [0.2, 0.25) is 0 Å². The van der Waals surface area contributed by atoms with Gasteiger partial charge in [-0.05, 0) is 6.42 Å². The van der Waals surface area contributed by atoms with Crippen molar-refractivity contribution in [3.05, 3.63) is 28.1 Å². The van der Waals surface area contributed by atoms with Gasteiger partial charge < -0.3 is 15.8 Å². The lowest BCUT2D eigenvalue weighted by atomic mass is 10.1. The minimum atomic E-state index is -0.761. The summed E-state index contributed by atoms with van der Waals surface area (Å²) in [4.78, 5) is 10.4. The third-order valence-corrected chi connectivity index (χ3v) is 3.02. The highest BCUT2D eigenvalue weighted by atomic mass is 19.1. The summed E-state index contributed by atoms with van der Waals surface area (Å²) >= 11 is 0. The number of anilines is 1. The number of ether oxygens (including phenoxy) is 1. The zero-order valence-electron chi connectivity index (χ0n) is 11.7. The first-order valence-corrected chi connectivity index (χ1v) is 6.52. The topological polar surface area (TPSA) is 90.4 Å². The quantitative estimate of drug-likeness (QED) is 0.566. The number of rotatable bonds is 8. The van der Waals surface area contributed by atoms with E-state index in [9.17, 15) is 14.5 Å². The van der Waals surface area contributed by atoms with Gasteiger partial charge in [0, 0.05) is 18.7 Å². The number of hydrogen-bond acceptors (Lipinski definition) is 5. The Morgan fingerprint density at radius 2 is 2.25 bits per heavy atom. The maximum Gasteiger partial charge on any atom is 0.295 e. The Labute approximate surface area is 117 Å². The number of benzene rings is 1. The molecule has 0 aromatic heterocycles. The first-order chi connectivity index (χ1) is 9.53. The standard InChI is InChI=1S/C13H20FN3O3/c1-3-4-5-9(8-15)16-11-7-13(20-2)10(14)6-12(11)17(18)19/h6-7,9,16H,3-5,8,15H2,1-2H3. The van der Waals surface area contributed by atoms with Crippen molar-refractivity contribution in [1.82, 2.24) is 0 Å². The molecule has 0 aliphatic rings. The molecule has 1 rings (SSSR count). The van der Waals surface area contributed by atoms with Gasteiger partial charge in [-0.15, -0.1) is 0 Å². The van der Waals surface area contributed by atoms with E-state index < -0.39 is 10.7 Å². The van der Waals surface area contributed by atoms with E-state index in [4.69, 9.17) is 10.5 Å². The number of methoxy groups -OCH3 is 1. The van der Waals surface area contributed by atoms with E-state index in [1.54, 1.807) is 0 Å². The van der Waals surface area contributed by atoms with Crippen LogP contribution < -0.4 is 15.8 Å². The molecule has 0 aliphatic carbocycles. The molecule has 0 saturated carbocycles. The van der Waals surface area contributed by atoms with E-state index in [1.165, 1.54) is 13.2 Å². The van der Waals surface area contributed by atoms with Gasteiger partial charge in [0.25, 0.3) is 5.69 Å². The lowest BCUT2D eigenvalue weighted by Crippen LogP contribution is -2.29. The number of nitrogens with one attached hydrogen (secondary N) is 1. The van der Waals surface area contributed by atoms with Crippen LogP contribution in [0.5, 0.6) is 5.75 Å². The fourth-order valence-corrected chi connectivity index (χ4v) is 1.89. The van der Waals surface area contributed by atoms with Crippen LogP contribution in [0.2, 0.25) is 0 Å². The summed E-state index contributed by atoms with van der Waals surface area (Å²) in [5.41, 5.74) is 5.55. The van der Waals surface area contributed by atoms with Crippen molar-refractivity contribution in [1.29, 1.82) is 0 Å². The molecule has 0 radical (unpaired) electrons. The van der Waals surface area contributed by atoms with Crippen LogP contribution in [0.3, 0.4) is 0 Å². The van der Waals surface area contributed by atoms with E-state index in [1.807, 2.05) is 0 Å². The van der Waals surface area contributed by atoms with Crippen molar-refractivity contribution in [2.24, 2.45) is 5.73 Å². The zero-order chi connectivity index (χ0) is 15.1. The van der Waals surface area contributed by atoms with Gasteiger partial charge in [0.1, 0.15) is 5.69 Å². The normalized spacial score (nSPS) is 12.0. The van der Waals surface area contributed by atoms with Gasteiger partial charge in [-0.25, -0.2) is 4.39 Å². The van der Waals surface area contributed by atoms with Crippen molar-refractivity contribution in [2.45, 2.75) is 32.2 Å². The summed E-state index contributed by atoms with van der Waals surface area (Å²) in [7, 11) is 1.31. The minimum absolute atomic E-state index is 0.0376. The molecule has 0 saturated heterocycles. The molecule has 0 fully saturated rings. The Kier molecular flexibility index (Phi) is 6.17. The number of unbranched alkanes of at least 4 members (excludes halogenated alkanes) is 1. The average Bonchev–Trinajstić information content (AvgIpc) is 2.44. The molecule has 20 heavy (non-hydrogen) atoms. The second-order valence-electron chi connectivity index (χ2n) is 4.48. The Hall–Kier alpha value is -1.89. The number of halogens is 1. The van der Waals surface area contributed by atoms with E-state index >= 15 is 0 Å². The van der Waals surface area contributed by atoms with Gasteiger partial charge in [-0.3, -0.25) is 10.1 Å². The summed E-state index contributed by atoms with van der Waals surface area (Å²) in [6, 6.07) is 2.06. The second kappa shape index (κ2) is 7.64. The fourth-order valence-electron chi connectivity index (χ4n) is 1.89. The van der Waals surface area contributed by atoms with Gasteiger partial charge in [0.15, 0.2) is 11.6 Å². The first-order valence-electron chi connectivity index (χ1n) is 6.52. The predicted molar refractivity (Wildman–Crippen MR) is 75.6 cm³/mol. The van der Waals surface area contributed by atoms with Crippen LogP contribution in [0.4, 0.5) is 15.8 Å². The van der Waals surface area contributed by atoms with Crippen LogP contribution in [-0.2, 0) is 0 Å². The largest absolute Gasteiger partial charge is 0.494 e. The molecule has 0 aliphatic heterocycles. The van der Waals surface area contributed by atoms with Crippen LogP contribution in [0, 0.1) is 15.9 Å². The molecule has 0 bridgehead atoms. The van der Waals surface area contributed by atoms with E-state index in [0.717, 1.165) is 25.3 Å². The van der Waals surface area contributed by atoms with Crippen molar-refractivity contribution >= 4 is 11.4 Å². The molecule has 6 nitrogen and oxygen atoms in total. The fraction of sp³-hybridized carbons (Fsp3) is 0.538. The average molecular weight is 285 g/mol. The first kappa shape index (κ1) is 16.2. The summed E-state index contributed by atoms with van der Waals surface area (Å²) in [6.07, 6.45) is 2.76. The molecular formula is C13H20FN3O3. The molecular weight excluding hydrogens is 265 g/mol. The SMILES string of the molecule is CCCCC(CN)Nc1cc(OC)c(F)cc1[N+](=O)[O-]. The van der Waals surface area contributed by atoms with Crippen molar-refractivity contribution in [3.8, 4) is 5.75 Å². The maximum absolute atomic E-state index is 13.5. The van der Waals surface area contributed by atoms with E-state index in [0.29, 0.717) is 6.54 Å². The highest BCUT2D eigenvalue weighted by molar-refractivity contribution is 5.65. The van der Waals surface area contributed by atoms with E-state index in [2.05, 4.69) is 12.2 Å². The summed E-state index contributed by atoms with van der Waals surface area (Å²) < 4.78 is 18.4. The smallest absolute Gasteiger partial charge is 0.295 e. The Morgan fingerprint density at radius 1 is 1.55 bits per heavy atom. The molecule has 1 atom stereocenters. The third-order valence-electron chi connectivity index (χ3n) is 3.02. The van der Waals surface area contributed by atoms with Gasteiger partial charge in [0.05, 0.1) is 18.1 Å². The lowest BCUT2D eigenvalue weighted by Gasteiger charge is -2.18. The summed E-state index contributed by atoms with van der Waals surface area (Å²) in [5.74, 6) is -0.799. The van der Waals surface area contributed by atoms with E-state index in [-0.39, 0.29) is 23.2 Å². The molecule has 0 heterocycles. The molecule has 1 unspecified atom stereocenters. The van der Waals surface area contributed by atoms with Crippen LogP contribution >= 0.6 is 0 Å². The van der Waals surface area contributed by atoms with Gasteiger partial charge in [-0.2, -0.15) is 0 Å². The van der Waals surface area contributed by atoms with Crippen molar-refractivity contribution in [3.63, 3.8) is 0 Å². The molecule has 7 heteroatoms. The summed E-state index contributed by atoms with van der Waals surface area (Å²) in [5, 5.41) is 14.0. The number of nitrogens with zero attached hydrogens (tertiary/aromatic N) is 1. The van der Waals surface area contributed by atoms with Gasteiger partial charge in [-0.1, -0.05) is 19.8 Å². The number of nitrogens with two attached hydrogens (primary N) is 1. The van der Waals surface area contributed by atoms with Crippen LogP contribution in [0.25, 0.3) is 0 Å². The molecule has 3 N–H and O–H groups in total. The van der Waals surface area contributed by atoms with Crippen molar-refractivity contribution in [2.75, 3.05) is 19.0 Å². The predicted octanol–water partition coefficient (Wildman–Crippen LogP) is 2.67. The minimum Gasteiger partial charge on any atom is -0.494 e. The maximum atomic E-state index is 13.5. The highest BCUT2D eigenvalue weighted by Gasteiger charge is 2.20. The van der Waals surface area contributed by atoms with Crippen LogP contribution in [-0.4, -0.2) is 24.6 Å². The summed E-state index contributed by atoms with van der Waals surface area (Å²) in [6.45, 7) is 2.40. The Balaban J connectivity index is 3.04. The molecule has 1 aromatic carbocycles. The van der Waals surface area contributed by atoms with Crippen LogP contribution in [0.15, 0.2) is 12.1 Å². The number of nitro benzene ring substituents is 1. The number of nitro groups is 1. The zero-order valence-corrected chi connectivity index (χ0v) is 11.7. The van der Waals surface area contributed by atoms with Crippen molar-refractivity contribution < 1.29 is 14.1 Å². The molecule has 112 valence electrons. The molecule has 1 aromatic rings. The number of hydrogen-bond donors (Lipinski definition) is 2. The monoisotopic (exact) mass is 285 g/mol. The lowest BCUT2D eigenvalue weighted by molar-refractivity contribution is -0.384. The van der Waals surface area contributed by atoms with Gasteiger partial charge >= 0.3 is 0 Å². The Bertz CT molecular complexity index is 468. The third kappa shape index (κ3) is 4.06. The Morgan fingerprint density at radius 3 is 2.75 bits per heavy atom. The second-order valence-corrected chi connectivity index (χ2v) is 4.48. The molecule has 0 amide bonds. The van der Waals surface area contributed by atoms with Crippen LogP contribution in [0.1, 0.15) is 26.2 Å². The molecule has 0 spiro atoms.